The molecule has 0 amide bonds. The number of rotatable bonds is 3. The Hall–Kier alpha value is -2.54. The normalized spacial score (nSPS) is 10.5. The third-order valence-corrected chi connectivity index (χ3v) is 3.96. The molecule has 0 N–H and O–H groups in total. The van der Waals surface area contributed by atoms with Gasteiger partial charge in [-0.15, -0.1) is 0 Å². The van der Waals surface area contributed by atoms with E-state index in [9.17, 15) is 0 Å². The molecular weight excluding hydrogens is 266 g/mol. The fraction of sp³-hybridized carbons (Fsp3) is 0.143. The van der Waals surface area contributed by atoms with Gasteiger partial charge in [-0.3, -0.25) is 0 Å². The highest BCUT2D eigenvalue weighted by molar-refractivity contribution is 5.79. The summed E-state index contributed by atoms with van der Waals surface area (Å²) in [4.78, 5) is 2.34. The largest absolute Gasteiger partial charge is 0.310 e. The number of hydrogen-bond donors (Lipinski definition) is 0. The molecule has 0 saturated heterocycles. The second-order valence-electron chi connectivity index (χ2n) is 5.75. The van der Waals surface area contributed by atoms with Crippen molar-refractivity contribution in [3.63, 3.8) is 0 Å². The number of aryl methyl sites for hydroxylation is 3. The maximum Gasteiger partial charge on any atom is 0.0491 e. The first-order valence-electron chi connectivity index (χ1n) is 7.65. The molecule has 0 bridgehead atoms. The van der Waals surface area contributed by atoms with E-state index in [-0.39, 0.29) is 0 Å². The molecule has 22 heavy (non-hydrogen) atoms. The summed E-state index contributed by atoms with van der Waals surface area (Å²) in [5, 5.41) is 0. The van der Waals surface area contributed by atoms with Gasteiger partial charge in [-0.1, -0.05) is 54.1 Å². The Morgan fingerprint density at radius 3 is 1.91 bits per heavy atom. The van der Waals surface area contributed by atoms with Crippen molar-refractivity contribution in [3.8, 4) is 0 Å². The van der Waals surface area contributed by atoms with E-state index in [0.717, 1.165) is 0 Å². The smallest absolute Gasteiger partial charge is 0.0491 e. The summed E-state index contributed by atoms with van der Waals surface area (Å²) in [7, 11) is 0. The minimum atomic E-state index is 1.18. The molecule has 0 atom stereocenters. The fourth-order valence-corrected chi connectivity index (χ4v) is 2.86. The molecule has 1 nitrogen and oxygen atoms in total. The summed E-state index contributed by atoms with van der Waals surface area (Å²) in [6.07, 6.45) is 0. The van der Waals surface area contributed by atoms with Crippen LogP contribution in [0.15, 0.2) is 72.8 Å². The molecule has 0 heterocycles. The Labute approximate surface area is 132 Å². The van der Waals surface area contributed by atoms with Gasteiger partial charge in [-0.05, 0) is 56.2 Å². The van der Waals surface area contributed by atoms with Gasteiger partial charge in [0.1, 0.15) is 0 Å². The number of para-hydroxylation sites is 2. The highest BCUT2D eigenvalue weighted by atomic mass is 15.1. The summed E-state index contributed by atoms with van der Waals surface area (Å²) in [5.41, 5.74) is 7.48. The van der Waals surface area contributed by atoms with E-state index in [2.05, 4.69) is 98.5 Å². The molecule has 3 rings (SSSR count). The second kappa shape index (κ2) is 6.07. The summed E-state index contributed by atoms with van der Waals surface area (Å²) < 4.78 is 0. The van der Waals surface area contributed by atoms with E-state index in [4.69, 9.17) is 0 Å². The lowest BCUT2D eigenvalue weighted by molar-refractivity contribution is 1.22. The maximum absolute atomic E-state index is 2.34. The standard InChI is InChI=1S/C21H21N/c1-16-13-14-21(18(3)15-16)22(19-10-5-4-6-11-19)20-12-8-7-9-17(20)2/h4-15H,1-3H3. The Morgan fingerprint density at radius 2 is 1.23 bits per heavy atom. The first kappa shape index (κ1) is 14.4. The summed E-state index contributed by atoms with van der Waals surface area (Å²) in [6.45, 7) is 6.47. The zero-order chi connectivity index (χ0) is 15.5. The van der Waals surface area contributed by atoms with Crippen LogP contribution in [-0.4, -0.2) is 0 Å². The van der Waals surface area contributed by atoms with E-state index in [1.165, 1.54) is 33.8 Å². The quantitative estimate of drug-likeness (QED) is 0.564. The molecule has 110 valence electrons. The molecule has 0 spiro atoms. The minimum Gasteiger partial charge on any atom is -0.310 e. The van der Waals surface area contributed by atoms with Crippen LogP contribution in [-0.2, 0) is 0 Å². The average molecular weight is 287 g/mol. The molecule has 3 aromatic rings. The van der Waals surface area contributed by atoms with Gasteiger partial charge in [0, 0.05) is 17.1 Å². The third kappa shape index (κ3) is 2.75. The zero-order valence-electron chi connectivity index (χ0n) is 13.4. The second-order valence-corrected chi connectivity index (χ2v) is 5.75. The molecule has 0 radical (unpaired) electrons. The van der Waals surface area contributed by atoms with E-state index >= 15 is 0 Å². The van der Waals surface area contributed by atoms with Crippen LogP contribution in [0.25, 0.3) is 0 Å². The van der Waals surface area contributed by atoms with Gasteiger partial charge in [0.2, 0.25) is 0 Å². The van der Waals surface area contributed by atoms with Crippen LogP contribution >= 0.6 is 0 Å². The van der Waals surface area contributed by atoms with Crippen LogP contribution < -0.4 is 4.90 Å². The molecule has 0 aliphatic rings. The molecule has 0 aromatic heterocycles. The summed E-state index contributed by atoms with van der Waals surface area (Å²) >= 11 is 0. The average Bonchev–Trinajstić information content (AvgIpc) is 2.52. The highest BCUT2D eigenvalue weighted by Gasteiger charge is 2.15. The lowest BCUT2D eigenvalue weighted by Gasteiger charge is -2.28. The molecule has 0 saturated carbocycles. The van der Waals surface area contributed by atoms with Gasteiger partial charge in [0.15, 0.2) is 0 Å². The number of benzene rings is 3. The maximum atomic E-state index is 2.34. The molecule has 0 unspecified atom stereocenters. The topological polar surface area (TPSA) is 3.24 Å². The SMILES string of the molecule is Cc1ccc(N(c2ccccc2)c2ccccc2C)c(C)c1. The number of hydrogen-bond acceptors (Lipinski definition) is 1. The van der Waals surface area contributed by atoms with Gasteiger partial charge >= 0.3 is 0 Å². The fourth-order valence-electron chi connectivity index (χ4n) is 2.86. The summed E-state index contributed by atoms with van der Waals surface area (Å²) in [5.74, 6) is 0. The molecule has 0 fully saturated rings. The van der Waals surface area contributed by atoms with Crippen molar-refractivity contribution in [2.45, 2.75) is 20.8 Å². The van der Waals surface area contributed by atoms with E-state index in [1.54, 1.807) is 0 Å². The summed E-state index contributed by atoms with van der Waals surface area (Å²) in [6, 6.07) is 25.7. The van der Waals surface area contributed by atoms with Crippen molar-refractivity contribution in [2.24, 2.45) is 0 Å². The van der Waals surface area contributed by atoms with Crippen LogP contribution in [0.2, 0.25) is 0 Å². The van der Waals surface area contributed by atoms with Crippen LogP contribution in [0.3, 0.4) is 0 Å². The number of anilines is 3. The highest BCUT2D eigenvalue weighted by Crippen LogP contribution is 2.37. The van der Waals surface area contributed by atoms with Crippen LogP contribution in [0.4, 0.5) is 17.1 Å². The van der Waals surface area contributed by atoms with Gasteiger partial charge in [-0.25, -0.2) is 0 Å². The Kier molecular flexibility index (Phi) is 3.97. The number of nitrogens with zero attached hydrogens (tertiary/aromatic N) is 1. The van der Waals surface area contributed by atoms with Crippen LogP contribution in [0.5, 0.6) is 0 Å². The van der Waals surface area contributed by atoms with Gasteiger partial charge in [0.25, 0.3) is 0 Å². The molecule has 0 aliphatic carbocycles. The van der Waals surface area contributed by atoms with Gasteiger partial charge in [0.05, 0.1) is 0 Å². The van der Waals surface area contributed by atoms with Crippen molar-refractivity contribution in [1.29, 1.82) is 0 Å². The predicted octanol–water partition coefficient (Wildman–Crippen LogP) is 6.08. The first-order chi connectivity index (χ1) is 10.7. The van der Waals surface area contributed by atoms with E-state index in [0.29, 0.717) is 0 Å². The monoisotopic (exact) mass is 287 g/mol. The van der Waals surface area contributed by atoms with Gasteiger partial charge < -0.3 is 4.90 Å². The molecule has 3 aromatic carbocycles. The van der Waals surface area contributed by atoms with E-state index in [1.807, 2.05) is 0 Å². The first-order valence-corrected chi connectivity index (χ1v) is 7.65. The Bertz CT molecular complexity index is 775. The minimum absolute atomic E-state index is 1.18. The van der Waals surface area contributed by atoms with Crippen molar-refractivity contribution in [3.05, 3.63) is 89.5 Å². The lowest BCUT2D eigenvalue weighted by atomic mass is 10.1. The molecule has 0 aliphatic heterocycles. The lowest BCUT2D eigenvalue weighted by Crippen LogP contribution is -2.12. The molecular formula is C21H21N. The zero-order valence-corrected chi connectivity index (χ0v) is 13.4. The van der Waals surface area contributed by atoms with Crippen LogP contribution in [0, 0.1) is 20.8 Å². The Morgan fingerprint density at radius 1 is 0.591 bits per heavy atom. The predicted molar refractivity (Wildman–Crippen MR) is 95.3 cm³/mol. The van der Waals surface area contributed by atoms with Crippen LogP contribution in [0.1, 0.15) is 16.7 Å². The third-order valence-electron chi connectivity index (χ3n) is 3.96. The van der Waals surface area contributed by atoms with E-state index < -0.39 is 0 Å². The van der Waals surface area contributed by atoms with Gasteiger partial charge in [-0.2, -0.15) is 0 Å². The van der Waals surface area contributed by atoms with Crippen molar-refractivity contribution < 1.29 is 0 Å². The van der Waals surface area contributed by atoms with Crippen molar-refractivity contribution in [1.82, 2.24) is 0 Å². The molecule has 1 heteroatoms. The Balaban J connectivity index is 2.22. The van der Waals surface area contributed by atoms with Crippen molar-refractivity contribution >= 4 is 17.1 Å². The van der Waals surface area contributed by atoms with Crippen molar-refractivity contribution in [2.75, 3.05) is 4.90 Å².